The first-order valence-corrected chi connectivity index (χ1v) is 10.8. The minimum atomic E-state index is -0.678. The zero-order valence-corrected chi connectivity index (χ0v) is 16.7. The second-order valence-corrected chi connectivity index (χ2v) is 9.20. The molecular formula is C23H32N2O3. The lowest BCUT2D eigenvalue weighted by molar-refractivity contribution is -0.149. The number of carbonyl (C=O) groups is 2. The van der Waals surface area contributed by atoms with E-state index in [9.17, 15) is 14.7 Å². The Bertz CT molecular complexity index is 714. The molecule has 0 spiro atoms. The molecule has 5 heteroatoms. The average molecular weight is 385 g/mol. The first-order chi connectivity index (χ1) is 13.5. The molecule has 0 unspecified atom stereocenters. The Balaban J connectivity index is 1.37. The molecule has 0 radical (unpaired) electrons. The smallest absolute Gasteiger partial charge is 0.311 e. The summed E-state index contributed by atoms with van der Waals surface area (Å²) in [5.74, 6) is -0.448. The third kappa shape index (κ3) is 3.57. The predicted octanol–water partition coefficient (Wildman–Crippen LogP) is 3.19. The second-order valence-electron chi connectivity index (χ2n) is 9.20. The van der Waals surface area contributed by atoms with Crippen molar-refractivity contribution in [3.8, 4) is 0 Å². The first-order valence-electron chi connectivity index (χ1n) is 10.8. The number of aliphatic carboxylic acids is 1. The van der Waals surface area contributed by atoms with Crippen LogP contribution in [-0.4, -0.2) is 48.1 Å². The fraction of sp³-hybridized carbons (Fsp3) is 0.652. The Morgan fingerprint density at radius 1 is 1.07 bits per heavy atom. The highest BCUT2D eigenvalue weighted by atomic mass is 16.4. The molecule has 0 aromatic heterocycles. The van der Waals surface area contributed by atoms with Crippen LogP contribution in [-0.2, 0) is 15.0 Å². The molecule has 0 bridgehead atoms. The van der Waals surface area contributed by atoms with Crippen LogP contribution in [0.25, 0.3) is 0 Å². The molecule has 1 aliphatic heterocycles. The van der Waals surface area contributed by atoms with Gasteiger partial charge in [0.15, 0.2) is 0 Å². The zero-order chi connectivity index (χ0) is 19.6. The maximum absolute atomic E-state index is 12.7. The molecule has 152 valence electrons. The number of hydrogen-bond acceptors (Lipinski definition) is 3. The highest BCUT2D eigenvalue weighted by Gasteiger charge is 2.54. The quantitative estimate of drug-likeness (QED) is 0.790. The molecule has 2 saturated carbocycles. The van der Waals surface area contributed by atoms with Gasteiger partial charge in [0.1, 0.15) is 0 Å². The molecule has 3 aliphatic rings. The number of nitrogens with zero attached hydrogens (tertiary/aromatic N) is 1. The van der Waals surface area contributed by atoms with Crippen LogP contribution in [0.1, 0.15) is 56.9 Å². The summed E-state index contributed by atoms with van der Waals surface area (Å²) in [5.41, 5.74) is 0.754. The highest BCUT2D eigenvalue weighted by Crippen LogP contribution is 2.48. The van der Waals surface area contributed by atoms with Crippen LogP contribution in [0.2, 0.25) is 0 Å². The molecule has 1 amide bonds. The van der Waals surface area contributed by atoms with E-state index >= 15 is 0 Å². The number of fused-ring (bicyclic) bond motifs is 1. The molecule has 4 rings (SSSR count). The van der Waals surface area contributed by atoms with E-state index < -0.39 is 11.4 Å². The maximum atomic E-state index is 12.7. The van der Waals surface area contributed by atoms with Crippen molar-refractivity contribution in [2.45, 2.75) is 56.8 Å². The zero-order valence-electron chi connectivity index (χ0n) is 16.7. The molecule has 1 saturated heterocycles. The third-order valence-corrected chi connectivity index (χ3v) is 7.56. The van der Waals surface area contributed by atoms with Crippen LogP contribution < -0.4 is 5.32 Å². The third-order valence-electron chi connectivity index (χ3n) is 7.56. The van der Waals surface area contributed by atoms with Gasteiger partial charge >= 0.3 is 5.97 Å². The van der Waals surface area contributed by atoms with E-state index in [0.717, 1.165) is 38.6 Å². The number of benzene rings is 1. The number of rotatable bonds is 6. The molecule has 3 fully saturated rings. The lowest BCUT2D eigenvalue weighted by Crippen LogP contribution is -2.45. The fourth-order valence-electron chi connectivity index (χ4n) is 5.98. The summed E-state index contributed by atoms with van der Waals surface area (Å²) in [6.45, 7) is 2.25. The number of nitrogens with one attached hydrogen (secondary N) is 1. The summed E-state index contributed by atoms with van der Waals surface area (Å²) < 4.78 is 0. The monoisotopic (exact) mass is 384 g/mol. The Hall–Kier alpha value is -1.88. The molecule has 5 nitrogen and oxygen atoms in total. The number of carboxylic acids is 1. The normalized spacial score (nSPS) is 29.4. The van der Waals surface area contributed by atoms with Crippen molar-refractivity contribution in [3.63, 3.8) is 0 Å². The lowest BCUT2D eigenvalue weighted by atomic mass is 9.69. The molecule has 1 aromatic carbocycles. The van der Waals surface area contributed by atoms with Crippen LogP contribution >= 0.6 is 0 Å². The molecule has 2 atom stereocenters. The number of carbonyl (C=O) groups excluding carboxylic acids is 1. The SMILES string of the molecule is O=C(CN1C[C@@H]2CCC[C@@]2(C(=O)O)C1)NCC1(c2ccccc2)CCCCC1. The molecule has 1 heterocycles. The summed E-state index contributed by atoms with van der Waals surface area (Å²) in [6, 6.07) is 10.6. The van der Waals surface area contributed by atoms with Gasteiger partial charge in [0, 0.05) is 25.0 Å². The van der Waals surface area contributed by atoms with Gasteiger partial charge in [0.2, 0.25) is 5.91 Å². The van der Waals surface area contributed by atoms with Crippen molar-refractivity contribution in [3.05, 3.63) is 35.9 Å². The van der Waals surface area contributed by atoms with Crippen LogP contribution in [0.15, 0.2) is 30.3 Å². The van der Waals surface area contributed by atoms with E-state index in [4.69, 9.17) is 0 Å². The van der Waals surface area contributed by atoms with Crippen molar-refractivity contribution >= 4 is 11.9 Å². The summed E-state index contributed by atoms with van der Waals surface area (Å²) >= 11 is 0. The van der Waals surface area contributed by atoms with E-state index in [1.807, 2.05) is 6.07 Å². The maximum Gasteiger partial charge on any atom is 0.311 e. The fourth-order valence-corrected chi connectivity index (χ4v) is 5.98. The molecule has 2 aliphatic carbocycles. The molecule has 2 N–H and O–H groups in total. The van der Waals surface area contributed by atoms with Gasteiger partial charge in [-0.05, 0) is 37.2 Å². The minimum absolute atomic E-state index is 0.0291. The summed E-state index contributed by atoms with van der Waals surface area (Å²) in [7, 11) is 0. The number of hydrogen-bond donors (Lipinski definition) is 2. The first kappa shape index (κ1) is 19.4. The van der Waals surface area contributed by atoms with E-state index in [2.05, 4.69) is 34.5 Å². The van der Waals surface area contributed by atoms with Crippen molar-refractivity contribution in [2.75, 3.05) is 26.2 Å². The standard InChI is InChI=1S/C23H32N2O3/c26-20(15-25-14-19-10-7-13-23(19,17-25)21(27)28)24-16-22(11-5-2-6-12-22)18-8-3-1-4-9-18/h1,3-4,8-9,19H,2,5-7,10-17H2,(H,24,26)(H,27,28)/t19-,23+/m0/s1. The van der Waals surface area contributed by atoms with Crippen LogP contribution in [0.5, 0.6) is 0 Å². The topological polar surface area (TPSA) is 69.6 Å². The van der Waals surface area contributed by atoms with E-state index in [0.29, 0.717) is 19.6 Å². The Labute approximate surface area is 167 Å². The Morgan fingerprint density at radius 3 is 2.50 bits per heavy atom. The van der Waals surface area contributed by atoms with Crippen LogP contribution in [0.3, 0.4) is 0 Å². The van der Waals surface area contributed by atoms with Gasteiger partial charge in [0.05, 0.1) is 12.0 Å². The Kier molecular flexibility index (Phi) is 5.46. The summed E-state index contributed by atoms with van der Waals surface area (Å²) in [4.78, 5) is 26.6. The molecular weight excluding hydrogens is 352 g/mol. The molecule has 1 aromatic rings. The van der Waals surface area contributed by atoms with Gasteiger partial charge in [-0.1, -0.05) is 56.0 Å². The summed E-state index contributed by atoms with van der Waals surface area (Å²) in [5, 5.41) is 12.9. The van der Waals surface area contributed by atoms with Crippen LogP contribution in [0, 0.1) is 11.3 Å². The van der Waals surface area contributed by atoms with Crippen molar-refractivity contribution in [2.24, 2.45) is 11.3 Å². The molecule has 28 heavy (non-hydrogen) atoms. The van der Waals surface area contributed by atoms with Gasteiger partial charge in [-0.15, -0.1) is 0 Å². The minimum Gasteiger partial charge on any atom is -0.481 e. The van der Waals surface area contributed by atoms with Crippen molar-refractivity contribution in [1.29, 1.82) is 0 Å². The number of amides is 1. The van der Waals surface area contributed by atoms with Gasteiger partial charge in [-0.2, -0.15) is 0 Å². The van der Waals surface area contributed by atoms with Gasteiger partial charge < -0.3 is 10.4 Å². The largest absolute Gasteiger partial charge is 0.481 e. The van der Waals surface area contributed by atoms with Gasteiger partial charge in [-0.3, -0.25) is 14.5 Å². The van der Waals surface area contributed by atoms with Gasteiger partial charge in [0.25, 0.3) is 0 Å². The second kappa shape index (κ2) is 7.86. The number of likely N-dealkylation sites (tertiary alicyclic amines) is 1. The van der Waals surface area contributed by atoms with Gasteiger partial charge in [-0.25, -0.2) is 0 Å². The lowest BCUT2D eigenvalue weighted by Gasteiger charge is -2.38. The summed E-state index contributed by atoms with van der Waals surface area (Å²) in [6.07, 6.45) is 8.64. The highest BCUT2D eigenvalue weighted by molar-refractivity contribution is 5.79. The van der Waals surface area contributed by atoms with Crippen molar-refractivity contribution in [1.82, 2.24) is 10.2 Å². The Morgan fingerprint density at radius 2 is 1.82 bits per heavy atom. The predicted molar refractivity (Wildman–Crippen MR) is 108 cm³/mol. The van der Waals surface area contributed by atoms with E-state index in [1.54, 1.807) is 0 Å². The van der Waals surface area contributed by atoms with Crippen LogP contribution in [0.4, 0.5) is 0 Å². The van der Waals surface area contributed by atoms with E-state index in [-0.39, 0.29) is 17.2 Å². The average Bonchev–Trinajstić information content (AvgIpc) is 3.26. The van der Waals surface area contributed by atoms with E-state index in [1.165, 1.54) is 24.8 Å². The number of carboxylic acid groups (broad SMARTS) is 1. The van der Waals surface area contributed by atoms with Crippen molar-refractivity contribution < 1.29 is 14.7 Å².